The van der Waals surface area contributed by atoms with Gasteiger partial charge < -0.3 is 11.5 Å². The van der Waals surface area contributed by atoms with Crippen LogP contribution in [0.5, 0.6) is 0 Å². The van der Waals surface area contributed by atoms with Crippen molar-refractivity contribution in [1.29, 1.82) is 0 Å². The Balaban J connectivity index is 2.31. The molecule has 0 saturated heterocycles. The first-order valence-corrected chi connectivity index (χ1v) is 4.60. The molecular weight excluding hydrogens is 188 g/mol. The number of nitrogens with zero attached hydrogens (tertiary/aromatic N) is 2. The van der Waals surface area contributed by atoms with E-state index >= 15 is 0 Å². The molecule has 70 valence electrons. The average Bonchev–Trinajstić information content (AvgIpc) is 2.91. The number of anilines is 1. The summed E-state index contributed by atoms with van der Waals surface area (Å²) in [7, 11) is 0. The van der Waals surface area contributed by atoms with Gasteiger partial charge in [0.15, 0.2) is 5.15 Å². The van der Waals surface area contributed by atoms with E-state index in [2.05, 4.69) is 10.2 Å². The Kier molecular flexibility index (Phi) is 2.09. The number of nitrogen functional groups attached to an aromatic ring is 1. The van der Waals surface area contributed by atoms with Crippen LogP contribution in [-0.4, -0.2) is 10.2 Å². The summed E-state index contributed by atoms with van der Waals surface area (Å²) in [5.74, 6) is 0.914. The van der Waals surface area contributed by atoms with Crippen molar-refractivity contribution in [2.75, 3.05) is 5.73 Å². The van der Waals surface area contributed by atoms with E-state index in [4.69, 9.17) is 23.1 Å². The molecule has 1 aliphatic carbocycles. The molecule has 1 aromatic heterocycles. The van der Waals surface area contributed by atoms with E-state index in [0.717, 1.165) is 5.56 Å². The molecule has 4 nitrogen and oxygen atoms in total. The Morgan fingerprint density at radius 1 is 1.46 bits per heavy atom. The second kappa shape index (κ2) is 3.12. The average molecular weight is 199 g/mol. The summed E-state index contributed by atoms with van der Waals surface area (Å²) in [5, 5.41) is 7.73. The van der Waals surface area contributed by atoms with E-state index in [1.54, 1.807) is 6.07 Å². The van der Waals surface area contributed by atoms with Crippen molar-refractivity contribution in [3.8, 4) is 0 Å². The van der Waals surface area contributed by atoms with Crippen molar-refractivity contribution in [1.82, 2.24) is 10.2 Å². The standard InChI is InChI=1S/C8H11ClN4/c9-8-5(3-6(10)12-13-8)7(11)4-1-2-4/h3-4,7H,1-2,11H2,(H2,10,12). The van der Waals surface area contributed by atoms with Crippen molar-refractivity contribution >= 4 is 17.4 Å². The van der Waals surface area contributed by atoms with Gasteiger partial charge in [0.2, 0.25) is 0 Å². The van der Waals surface area contributed by atoms with Crippen LogP contribution in [0, 0.1) is 5.92 Å². The lowest BCUT2D eigenvalue weighted by Crippen LogP contribution is -2.14. The number of nitrogens with two attached hydrogens (primary N) is 2. The summed E-state index contributed by atoms with van der Waals surface area (Å²) in [6, 6.07) is 1.67. The number of hydrogen-bond donors (Lipinski definition) is 2. The van der Waals surface area contributed by atoms with Crippen LogP contribution in [0.4, 0.5) is 5.82 Å². The van der Waals surface area contributed by atoms with Gasteiger partial charge in [0.25, 0.3) is 0 Å². The molecule has 1 unspecified atom stereocenters. The quantitative estimate of drug-likeness (QED) is 0.747. The highest BCUT2D eigenvalue weighted by Crippen LogP contribution is 2.40. The summed E-state index contributed by atoms with van der Waals surface area (Å²) >= 11 is 5.85. The summed E-state index contributed by atoms with van der Waals surface area (Å²) in [4.78, 5) is 0. The lowest BCUT2D eigenvalue weighted by molar-refractivity contribution is 0.629. The highest BCUT2D eigenvalue weighted by molar-refractivity contribution is 6.30. The largest absolute Gasteiger partial charge is 0.382 e. The second-order valence-electron chi connectivity index (χ2n) is 3.38. The Morgan fingerprint density at radius 3 is 2.77 bits per heavy atom. The smallest absolute Gasteiger partial charge is 0.156 e. The second-order valence-corrected chi connectivity index (χ2v) is 3.74. The molecule has 13 heavy (non-hydrogen) atoms. The van der Waals surface area contributed by atoms with Crippen molar-refractivity contribution < 1.29 is 0 Å². The summed E-state index contributed by atoms with van der Waals surface area (Å²) in [6.07, 6.45) is 2.33. The zero-order chi connectivity index (χ0) is 9.42. The van der Waals surface area contributed by atoms with Gasteiger partial charge in [-0.2, -0.15) is 0 Å². The Hall–Kier alpha value is -0.870. The summed E-state index contributed by atoms with van der Waals surface area (Å²) in [5.41, 5.74) is 12.3. The molecule has 1 heterocycles. The molecule has 0 amide bonds. The molecule has 1 saturated carbocycles. The van der Waals surface area contributed by atoms with Gasteiger partial charge in [-0.05, 0) is 24.8 Å². The molecule has 0 radical (unpaired) electrons. The van der Waals surface area contributed by atoms with E-state index in [9.17, 15) is 0 Å². The van der Waals surface area contributed by atoms with Crippen molar-refractivity contribution in [2.24, 2.45) is 11.7 Å². The SMILES string of the molecule is Nc1cc(C(N)C2CC2)c(Cl)nn1. The van der Waals surface area contributed by atoms with Crippen molar-refractivity contribution in [3.63, 3.8) is 0 Å². The number of hydrogen-bond acceptors (Lipinski definition) is 4. The lowest BCUT2D eigenvalue weighted by Gasteiger charge is -2.11. The van der Waals surface area contributed by atoms with E-state index < -0.39 is 0 Å². The van der Waals surface area contributed by atoms with Gasteiger partial charge in [0.05, 0.1) is 0 Å². The van der Waals surface area contributed by atoms with Crippen LogP contribution in [0.15, 0.2) is 6.07 Å². The van der Waals surface area contributed by atoms with Crippen LogP contribution < -0.4 is 11.5 Å². The van der Waals surface area contributed by atoms with E-state index in [0.29, 0.717) is 16.9 Å². The fraction of sp³-hybridized carbons (Fsp3) is 0.500. The van der Waals surface area contributed by atoms with Crippen molar-refractivity contribution in [3.05, 3.63) is 16.8 Å². The first-order valence-electron chi connectivity index (χ1n) is 4.22. The molecule has 4 N–H and O–H groups in total. The number of rotatable bonds is 2. The van der Waals surface area contributed by atoms with E-state index in [1.165, 1.54) is 12.8 Å². The summed E-state index contributed by atoms with van der Waals surface area (Å²) in [6.45, 7) is 0. The zero-order valence-electron chi connectivity index (χ0n) is 7.07. The van der Waals surface area contributed by atoms with Gasteiger partial charge in [-0.1, -0.05) is 11.6 Å². The van der Waals surface area contributed by atoms with Gasteiger partial charge in [-0.3, -0.25) is 0 Å². The van der Waals surface area contributed by atoms with Gasteiger partial charge in [0, 0.05) is 11.6 Å². The lowest BCUT2D eigenvalue weighted by atomic mass is 10.1. The normalized spacial score (nSPS) is 18.6. The zero-order valence-corrected chi connectivity index (χ0v) is 7.83. The minimum atomic E-state index is -0.0368. The Bertz CT molecular complexity index is 324. The van der Waals surface area contributed by atoms with E-state index in [1.807, 2.05) is 0 Å². The molecule has 1 aliphatic rings. The molecule has 1 aromatic rings. The minimum Gasteiger partial charge on any atom is -0.382 e. The van der Waals surface area contributed by atoms with Gasteiger partial charge >= 0.3 is 0 Å². The molecule has 0 spiro atoms. The fourth-order valence-electron chi connectivity index (χ4n) is 1.35. The maximum Gasteiger partial charge on any atom is 0.156 e. The van der Waals surface area contributed by atoms with Crippen LogP contribution in [0.1, 0.15) is 24.4 Å². The monoisotopic (exact) mass is 198 g/mol. The predicted octanol–water partition coefficient (Wildman–Crippen LogP) is 1.12. The molecular formula is C8H11ClN4. The fourth-order valence-corrected chi connectivity index (χ4v) is 1.57. The molecule has 0 aliphatic heterocycles. The Morgan fingerprint density at radius 2 is 2.15 bits per heavy atom. The number of halogens is 1. The molecule has 0 bridgehead atoms. The third-order valence-corrected chi connectivity index (χ3v) is 2.58. The molecule has 1 atom stereocenters. The maximum absolute atomic E-state index is 5.96. The topological polar surface area (TPSA) is 77.8 Å². The first-order chi connectivity index (χ1) is 6.18. The minimum absolute atomic E-state index is 0.0368. The molecule has 0 aromatic carbocycles. The third kappa shape index (κ3) is 1.73. The van der Waals surface area contributed by atoms with Gasteiger partial charge in [-0.15, -0.1) is 10.2 Å². The van der Waals surface area contributed by atoms with Crippen molar-refractivity contribution in [2.45, 2.75) is 18.9 Å². The highest BCUT2D eigenvalue weighted by atomic mass is 35.5. The predicted molar refractivity (Wildman–Crippen MR) is 51.1 cm³/mol. The first kappa shape index (κ1) is 8.72. The Labute approximate surface area is 81.3 Å². The molecule has 5 heteroatoms. The van der Waals surface area contributed by atoms with Crippen LogP contribution in [0.2, 0.25) is 5.15 Å². The van der Waals surface area contributed by atoms with Crippen LogP contribution >= 0.6 is 11.6 Å². The number of aromatic nitrogens is 2. The van der Waals surface area contributed by atoms with Gasteiger partial charge in [0.1, 0.15) is 5.82 Å². The van der Waals surface area contributed by atoms with Gasteiger partial charge in [-0.25, -0.2) is 0 Å². The van der Waals surface area contributed by atoms with E-state index in [-0.39, 0.29) is 6.04 Å². The van der Waals surface area contributed by atoms with Crippen LogP contribution in [0.3, 0.4) is 0 Å². The molecule has 1 fully saturated rings. The summed E-state index contributed by atoms with van der Waals surface area (Å²) < 4.78 is 0. The third-order valence-electron chi connectivity index (χ3n) is 2.28. The van der Waals surface area contributed by atoms with Crippen LogP contribution in [-0.2, 0) is 0 Å². The van der Waals surface area contributed by atoms with Crippen LogP contribution in [0.25, 0.3) is 0 Å². The highest BCUT2D eigenvalue weighted by Gasteiger charge is 2.31. The maximum atomic E-state index is 5.96. The molecule has 2 rings (SSSR count).